The van der Waals surface area contributed by atoms with Gasteiger partial charge in [0.1, 0.15) is 0 Å². The Morgan fingerprint density at radius 3 is 2.69 bits per heavy atom. The van der Waals surface area contributed by atoms with Gasteiger partial charge in [0.2, 0.25) is 5.91 Å². The van der Waals surface area contributed by atoms with Crippen LogP contribution in [0.15, 0.2) is 46.9 Å². The number of carbonyl (C=O) groups excluding carboxylic acids is 1. The Balaban J connectivity index is 1.57. The summed E-state index contributed by atoms with van der Waals surface area (Å²) in [6, 6.07) is 14.0. The normalized spacial score (nSPS) is 14.8. The smallest absolute Gasteiger partial charge is 0.243 e. The van der Waals surface area contributed by atoms with E-state index in [0.29, 0.717) is 0 Å². The van der Waals surface area contributed by atoms with Crippen LogP contribution in [0.25, 0.3) is 0 Å². The number of morpholine rings is 1. The van der Waals surface area contributed by atoms with Crippen molar-refractivity contribution in [1.82, 2.24) is 4.90 Å². The highest BCUT2D eigenvalue weighted by molar-refractivity contribution is 9.10. The van der Waals surface area contributed by atoms with Crippen molar-refractivity contribution < 1.29 is 9.53 Å². The molecule has 2 N–H and O–H groups in total. The Bertz CT molecular complexity index is 760. The highest BCUT2D eigenvalue weighted by atomic mass is 79.9. The van der Waals surface area contributed by atoms with E-state index < -0.39 is 0 Å². The van der Waals surface area contributed by atoms with E-state index in [2.05, 4.69) is 37.5 Å². The summed E-state index contributed by atoms with van der Waals surface area (Å²) in [6.45, 7) is 6.52. The van der Waals surface area contributed by atoms with Crippen LogP contribution in [0.1, 0.15) is 11.1 Å². The van der Waals surface area contributed by atoms with Crippen molar-refractivity contribution in [2.45, 2.75) is 13.5 Å². The van der Waals surface area contributed by atoms with Crippen LogP contribution in [0.3, 0.4) is 0 Å². The summed E-state index contributed by atoms with van der Waals surface area (Å²) in [4.78, 5) is 14.7. The van der Waals surface area contributed by atoms with Crippen LogP contribution >= 0.6 is 15.9 Å². The molecule has 26 heavy (non-hydrogen) atoms. The van der Waals surface area contributed by atoms with Gasteiger partial charge >= 0.3 is 0 Å². The molecule has 0 atom stereocenters. The fraction of sp³-hybridized carbons (Fsp3) is 0.350. The maximum Gasteiger partial charge on any atom is 0.243 e. The van der Waals surface area contributed by atoms with Gasteiger partial charge in [-0.1, -0.05) is 34.1 Å². The number of ether oxygens (including phenoxy) is 1. The first kappa shape index (κ1) is 18.9. The summed E-state index contributed by atoms with van der Waals surface area (Å²) in [5, 5.41) is 6.23. The average Bonchev–Trinajstić information content (AvgIpc) is 2.64. The van der Waals surface area contributed by atoms with E-state index in [-0.39, 0.29) is 12.5 Å². The number of aryl methyl sites for hydroxylation is 1. The Hall–Kier alpha value is -1.89. The van der Waals surface area contributed by atoms with Crippen molar-refractivity contribution in [3.63, 3.8) is 0 Å². The van der Waals surface area contributed by atoms with Crippen molar-refractivity contribution in [3.8, 4) is 0 Å². The summed E-state index contributed by atoms with van der Waals surface area (Å²) in [5.74, 6) is -0.0587. The molecule has 1 aliphatic heterocycles. The zero-order valence-electron chi connectivity index (χ0n) is 14.9. The first-order valence-electron chi connectivity index (χ1n) is 8.80. The fourth-order valence-corrected chi connectivity index (χ4v) is 3.44. The third-order valence-corrected chi connectivity index (χ3v) is 4.91. The summed E-state index contributed by atoms with van der Waals surface area (Å²) >= 11 is 3.44. The van der Waals surface area contributed by atoms with Crippen LogP contribution < -0.4 is 10.6 Å². The molecule has 0 spiro atoms. The van der Waals surface area contributed by atoms with Crippen molar-refractivity contribution >= 4 is 33.2 Å². The number of hydrogen-bond acceptors (Lipinski definition) is 4. The second kappa shape index (κ2) is 9.16. The van der Waals surface area contributed by atoms with Crippen molar-refractivity contribution in [3.05, 3.63) is 58.1 Å². The SMILES string of the molecule is Cc1cc(Br)ccc1NC(=O)CNc1ccccc1CN1CCOCC1. The van der Waals surface area contributed by atoms with Crippen LogP contribution in [-0.2, 0) is 16.1 Å². The predicted octanol–water partition coefficient (Wildman–Crippen LogP) is 3.64. The highest BCUT2D eigenvalue weighted by Gasteiger charge is 2.13. The fourth-order valence-electron chi connectivity index (χ4n) is 2.97. The molecule has 3 rings (SSSR count). The van der Waals surface area contributed by atoms with E-state index in [9.17, 15) is 4.79 Å². The number of benzene rings is 2. The zero-order chi connectivity index (χ0) is 18.4. The van der Waals surface area contributed by atoms with Crippen molar-refractivity contribution in [2.24, 2.45) is 0 Å². The Morgan fingerprint density at radius 1 is 1.15 bits per heavy atom. The Kier molecular flexibility index (Phi) is 6.66. The van der Waals surface area contributed by atoms with Gasteiger partial charge in [0, 0.05) is 35.5 Å². The topological polar surface area (TPSA) is 53.6 Å². The minimum Gasteiger partial charge on any atom is -0.379 e. The minimum atomic E-state index is -0.0587. The van der Waals surface area contributed by atoms with Gasteiger partial charge in [-0.3, -0.25) is 9.69 Å². The maximum absolute atomic E-state index is 12.3. The molecule has 0 bridgehead atoms. The number of nitrogens with one attached hydrogen (secondary N) is 2. The van der Waals surface area contributed by atoms with Crippen LogP contribution in [0.5, 0.6) is 0 Å². The van der Waals surface area contributed by atoms with E-state index >= 15 is 0 Å². The van der Waals surface area contributed by atoms with Crippen LogP contribution in [0, 0.1) is 6.92 Å². The highest BCUT2D eigenvalue weighted by Crippen LogP contribution is 2.20. The molecule has 138 valence electrons. The second-order valence-electron chi connectivity index (χ2n) is 6.41. The third kappa shape index (κ3) is 5.30. The average molecular weight is 418 g/mol. The van der Waals surface area contributed by atoms with Crippen LogP contribution in [0.4, 0.5) is 11.4 Å². The molecule has 5 nitrogen and oxygen atoms in total. The summed E-state index contributed by atoms with van der Waals surface area (Å²) in [6.07, 6.45) is 0. The van der Waals surface area contributed by atoms with Gasteiger partial charge in [-0.05, 0) is 42.3 Å². The first-order chi connectivity index (χ1) is 12.6. The van der Waals surface area contributed by atoms with E-state index in [0.717, 1.165) is 54.3 Å². The van der Waals surface area contributed by atoms with Crippen molar-refractivity contribution in [2.75, 3.05) is 43.5 Å². The third-order valence-electron chi connectivity index (χ3n) is 4.42. The van der Waals surface area contributed by atoms with E-state index in [4.69, 9.17) is 4.74 Å². The van der Waals surface area contributed by atoms with Gasteiger partial charge in [-0.15, -0.1) is 0 Å². The number of para-hydroxylation sites is 1. The maximum atomic E-state index is 12.3. The molecule has 0 aliphatic carbocycles. The molecule has 2 aromatic carbocycles. The molecule has 1 saturated heterocycles. The monoisotopic (exact) mass is 417 g/mol. The number of hydrogen-bond donors (Lipinski definition) is 2. The second-order valence-corrected chi connectivity index (χ2v) is 7.32. The van der Waals surface area contributed by atoms with E-state index in [1.807, 2.05) is 43.3 Å². The minimum absolute atomic E-state index is 0.0587. The number of rotatable bonds is 6. The zero-order valence-corrected chi connectivity index (χ0v) is 16.5. The van der Waals surface area contributed by atoms with Gasteiger partial charge in [0.15, 0.2) is 0 Å². The molecule has 0 saturated carbocycles. The standard InChI is InChI=1S/C20H24BrN3O2/c1-15-12-17(21)6-7-18(15)23-20(25)13-22-19-5-3-2-4-16(19)14-24-8-10-26-11-9-24/h2-7,12,22H,8-11,13-14H2,1H3,(H,23,25). The van der Waals surface area contributed by atoms with Gasteiger partial charge in [0.25, 0.3) is 0 Å². The molecule has 6 heteroatoms. The summed E-state index contributed by atoms with van der Waals surface area (Å²) in [7, 11) is 0. The van der Waals surface area contributed by atoms with E-state index in [1.165, 1.54) is 5.56 Å². The summed E-state index contributed by atoms with van der Waals surface area (Å²) < 4.78 is 6.41. The lowest BCUT2D eigenvalue weighted by molar-refractivity contribution is -0.114. The molecule has 1 fully saturated rings. The summed E-state index contributed by atoms with van der Waals surface area (Å²) in [5.41, 5.74) is 4.06. The number of nitrogens with zero attached hydrogens (tertiary/aromatic N) is 1. The lowest BCUT2D eigenvalue weighted by atomic mass is 10.1. The molecule has 0 aromatic heterocycles. The molecule has 0 radical (unpaired) electrons. The van der Waals surface area contributed by atoms with Gasteiger partial charge in [-0.25, -0.2) is 0 Å². The lowest BCUT2D eigenvalue weighted by Crippen LogP contribution is -2.35. The molecule has 0 unspecified atom stereocenters. The number of anilines is 2. The van der Waals surface area contributed by atoms with Crippen molar-refractivity contribution in [1.29, 1.82) is 0 Å². The Morgan fingerprint density at radius 2 is 1.92 bits per heavy atom. The number of carbonyl (C=O) groups is 1. The molecule has 2 aromatic rings. The first-order valence-corrected chi connectivity index (χ1v) is 9.59. The Labute approximate surface area is 162 Å². The van der Waals surface area contributed by atoms with Gasteiger partial charge in [-0.2, -0.15) is 0 Å². The number of halogens is 1. The number of amides is 1. The van der Waals surface area contributed by atoms with E-state index in [1.54, 1.807) is 0 Å². The molecule has 1 amide bonds. The van der Waals surface area contributed by atoms with Crippen LogP contribution in [0.2, 0.25) is 0 Å². The predicted molar refractivity (Wildman–Crippen MR) is 109 cm³/mol. The van der Waals surface area contributed by atoms with Gasteiger partial charge < -0.3 is 15.4 Å². The van der Waals surface area contributed by atoms with Crippen LogP contribution in [-0.4, -0.2) is 43.7 Å². The molecular weight excluding hydrogens is 394 g/mol. The molecular formula is C20H24BrN3O2. The van der Waals surface area contributed by atoms with Gasteiger partial charge in [0.05, 0.1) is 19.8 Å². The largest absolute Gasteiger partial charge is 0.379 e. The quantitative estimate of drug-likeness (QED) is 0.752. The molecule has 1 aliphatic rings. The molecule has 1 heterocycles. The lowest BCUT2D eigenvalue weighted by Gasteiger charge is -2.27.